The summed E-state index contributed by atoms with van der Waals surface area (Å²) in [6, 6.07) is 3.36. The second-order valence-corrected chi connectivity index (χ2v) is 13.1. The maximum Gasteiger partial charge on any atom is 0.335 e. The second-order valence-electron chi connectivity index (χ2n) is 13.1. The first-order valence-corrected chi connectivity index (χ1v) is 14.4. The van der Waals surface area contributed by atoms with E-state index in [-0.39, 0.29) is 34.4 Å². The number of ether oxygens (including phenoxy) is 2. The van der Waals surface area contributed by atoms with Crippen molar-refractivity contribution in [3.63, 3.8) is 0 Å². The van der Waals surface area contributed by atoms with E-state index in [2.05, 4.69) is 19.9 Å². The third-order valence-electron chi connectivity index (χ3n) is 11.5. The van der Waals surface area contributed by atoms with Crippen molar-refractivity contribution in [2.75, 3.05) is 0 Å². The molecule has 1 aromatic heterocycles. The highest BCUT2D eigenvalue weighted by Gasteiger charge is 2.66. The summed E-state index contributed by atoms with van der Waals surface area (Å²) >= 11 is 0. The summed E-state index contributed by atoms with van der Waals surface area (Å²) in [6.45, 7) is 6.26. The van der Waals surface area contributed by atoms with Gasteiger partial charge in [-0.15, -0.1) is 0 Å². The van der Waals surface area contributed by atoms with Gasteiger partial charge in [0.05, 0.1) is 24.1 Å². The molecule has 4 N–H and O–H groups in total. The third-order valence-corrected chi connectivity index (χ3v) is 11.5. The average Bonchev–Trinajstić information content (AvgIpc) is 3.18. The van der Waals surface area contributed by atoms with E-state index in [0.29, 0.717) is 5.92 Å². The molecule has 0 radical (unpaired) electrons. The summed E-state index contributed by atoms with van der Waals surface area (Å²) < 4.78 is 17.0. The van der Waals surface area contributed by atoms with Crippen LogP contribution in [0.25, 0.3) is 0 Å². The van der Waals surface area contributed by atoms with Crippen LogP contribution >= 0.6 is 0 Å². The molecule has 5 unspecified atom stereocenters. The number of aliphatic hydroxyl groups excluding tert-OH is 3. The highest BCUT2D eigenvalue weighted by molar-refractivity contribution is 5.31. The molecular weight excluding hydrogens is 488 g/mol. The van der Waals surface area contributed by atoms with Gasteiger partial charge < -0.3 is 34.3 Å². The van der Waals surface area contributed by atoms with Gasteiger partial charge >= 0.3 is 5.63 Å². The summed E-state index contributed by atoms with van der Waals surface area (Å²) in [6.07, 6.45) is 5.32. The Balaban J connectivity index is 1.21. The molecule has 0 spiro atoms. The molecule has 8 nitrogen and oxygen atoms in total. The van der Waals surface area contributed by atoms with Crippen LogP contribution in [0, 0.1) is 22.7 Å². The molecule has 0 aromatic carbocycles. The smallest absolute Gasteiger partial charge is 0.335 e. The molecule has 3 saturated carbocycles. The van der Waals surface area contributed by atoms with Crippen molar-refractivity contribution >= 4 is 0 Å². The van der Waals surface area contributed by atoms with Crippen molar-refractivity contribution in [3.8, 4) is 0 Å². The zero-order chi connectivity index (χ0) is 27.0. The maximum absolute atomic E-state index is 12.4. The number of hydrogen-bond acceptors (Lipinski definition) is 8. The lowest BCUT2D eigenvalue weighted by Crippen LogP contribution is -2.60. The molecule has 12 atom stereocenters. The molecule has 1 aromatic rings. The van der Waals surface area contributed by atoms with E-state index in [0.717, 1.165) is 56.9 Å². The van der Waals surface area contributed by atoms with Crippen molar-refractivity contribution < 1.29 is 34.3 Å². The predicted octanol–water partition coefficient (Wildman–Crippen LogP) is 3.01. The number of aliphatic hydroxyl groups is 4. The second kappa shape index (κ2) is 9.25. The maximum atomic E-state index is 12.4. The number of rotatable bonds is 3. The summed E-state index contributed by atoms with van der Waals surface area (Å²) in [5.41, 5.74) is 0.991. The molecule has 4 aliphatic carbocycles. The van der Waals surface area contributed by atoms with E-state index in [1.54, 1.807) is 13.2 Å². The lowest BCUT2D eigenvalue weighted by Gasteiger charge is -2.62. The van der Waals surface area contributed by atoms with Crippen LogP contribution in [0.2, 0.25) is 0 Å². The minimum Gasteiger partial charge on any atom is -0.431 e. The van der Waals surface area contributed by atoms with Crippen molar-refractivity contribution in [1.82, 2.24) is 0 Å². The van der Waals surface area contributed by atoms with Gasteiger partial charge in [0, 0.05) is 11.5 Å². The third kappa shape index (κ3) is 3.82. The first-order valence-electron chi connectivity index (χ1n) is 14.4. The van der Waals surface area contributed by atoms with Gasteiger partial charge in [0.1, 0.15) is 18.3 Å². The number of hydrogen-bond donors (Lipinski definition) is 4. The Morgan fingerprint density at radius 3 is 2.47 bits per heavy atom. The first-order chi connectivity index (χ1) is 18.0. The molecule has 1 saturated heterocycles. The Labute approximate surface area is 223 Å². The van der Waals surface area contributed by atoms with Crippen molar-refractivity contribution in [2.24, 2.45) is 22.7 Å². The van der Waals surface area contributed by atoms with Gasteiger partial charge in [0.25, 0.3) is 0 Å². The first kappa shape index (κ1) is 26.7. The average molecular weight is 531 g/mol. The summed E-state index contributed by atoms with van der Waals surface area (Å²) in [4.78, 5) is 11.5. The quantitative estimate of drug-likeness (QED) is 0.439. The lowest BCUT2D eigenvalue weighted by molar-refractivity contribution is -0.301. The Morgan fingerprint density at radius 1 is 0.947 bits per heavy atom. The Morgan fingerprint density at radius 2 is 1.74 bits per heavy atom. The SMILES string of the molecule is CC1OC(O[C@@H]2C=C3CC[C@@H]4[C@H](CC[C@]5(C)[C@@H](c6ccc(=O)oc6)CC[C@]45O)[C@@]3(C)CC2)C(O)C(O)C1O. The van der Waals surface area contributed by atoms with Crippen LogP contribution in [-0.4, -0.2) is 62.8 Å². The van der Waals surface area contributed by atoms with Crippen molar-refractivity contribution in [1.29, 1.82) is 0 Å². The molecule has 8 heteroatoms. The highest BCUT2D eigenvalue weighted by Crippen LogP contribution is 2.70. The van der Waals surface area contributed by atoms with E-state index in [1.165, 1.54) is 11.6 Å². The Hall–Kier alpha value is -1.55. The molecule has 0 bridgehead atoms. The van der Waals surface area contributed by atoms with Crippen LogP contribution < -0.4 is 5.63 Å². The molecule has 210 valence electrons. The fraction of sp³-hybridized carbons (Fsp3) is 0.767. The fourth-order valence-corrected chi connectivity index (χ4v) is 9.17. The molecule has 2 heterocycles. The summed E-state index contributed by atoms with van der Waals surface area (Å²) in [5.74, 6) is 0.759. The summed E-state index contributed by atoms with van der Waals surface area (Å²) in [5, 5.41) is 43.0. The zero-order valence-corrected chi connectivity index (χ0v) is 22.6. The summed E-state index contributed by atoms with van der Waals surface area (Å²) in [7, 11) is 0. The van der Waals surface area contributed by atoms with Gasteiger partial charge in [-0.3, -0.25) is 0 Å². The van der Waals surface area contributed by atoms with Gasteiger partial charge in [0.2, 0.25) is 0 Å². The van der Waals surface area contributed by atoms with E-state index in [1.807, 2.05) is 6.07 Å². The van der Waals surface area contributed by atoms with Gasteiger partial charge in [-0.05, 0) is 93.1 Å². The monoisotopic (exact) mass is 530 g/mol. The molecule has 1 aliphatic heterocycles. The van der Waals surface area contributed by atoms with Crippen LogP contribution in [-0.2, 0) is 9.47 Å². The fourth-order valence-electron chi connectivity index (χ4n) is 9.17. The normalized spacial score (nSPS) is 50.5. The topological polar surface area (TPSA) is 130 Å². The number of allylic oxidation sites excluding steroid dienone is 1. The van der Waals surface area contributed by atoms with E-state index < -0.39 is 36.3 Å². The minimum atomic E-state index is -1.31. The van der Waals surface area contributed by atoms with Crippen LogP contribution in [0.3, 0.4) is 0 Å². The van der Waals surface area contributed by atoms with Crippen LogP contribution in [0.5, 0.6) is 0 Å². The standard InChI is InChI=1S/C30H42O8/c1-16-24(32)25(33)26(34)27(37-16)38-19-8-11-28(2)18(14-19)5-6-22-21(28)9-12-29(3)20(10-13-30(22,29)35)17-4-7-23(31)36-15-17/h4,7,14-16,19-22,24-27,32-35H,5-6,8-13H2,1-3H3/t16?,19-,20+,21-,22+,24?,25?,26?,27?,28-,29+,30-/m0/s1. The van der Waals surface area contributed by atoms with Crippen LogP contribution in [0.1, 0.15) is 83.6 Å². The van der Waals surface area contributed by atoms with Crippen LogP contribution in [0.15, 0.2) is 39.3 Å². The van der Waals surface area contributed by atoms with Crippen molar-refractivity contribution in [3.05, 3.63) is 46.0 Å². The molecular formula is C30H42O8. The molecule has 6 rings (SSSR count). The largest absolute Gasteiger partial charge is 0.431 e. The van der Waals surface area contributed by atoms with Gasteiger partial charge in [-0.25, -0.2) is 4.79 Å². The van der Waals surface area contributed by atoms with E-state index in [4.69, 9.17) is 13.9 Å². The zero-order valence-electron chi connectivity index (χ0n) is 22.6. The van der Waals surface area contributed by atoms with E-state index in [9.17, 15) is 25.2 Å². The predicted molar refractivity (Wildman–Crippen MR) is 138 cm³/mol. The Kier molecular flexibility index (Phi) is 6.49. The van der Waals surface area contributed by atoms with Gasteiger partial charge in [-0.1, -0.05) is 25.5 Å². The molecule has 38 heavy (non-hydrogen) atoms. The number of fused-ring (bicyclic) bond motifs is 5. The Bertz CT molecular complexity index is 1130. The highest BCUT2D eigenvalue weighted by atomic mass is 16.7. The lowest BCUT2D eigenvalue weighted by atomic mass is 9.45. The van der Waals surface area contributed by atoms with Crippen LogP contribution in [0.4, 0.5) is 0 Å². The minimum absolute atomic E-state index is 0.0213. The molecule has 0 amide bonds. The van der Waals surface area contributed by atoms with Gasteiger partial charge in [0.15, 0.2) is 6.29 Å². The van der Waals surface area contributed by atoms with Gasteiger partial charge in [-0.2, -0.15) is 0 Å². The van der Waals surface area contributed by atoms with Crippen molar-refractivity contribution in [2.45, 2.75) is 120 Å². The molecule has 5 aliphatic rings. The molecule has 4 fully saturated rings. The van der Waals surface area contributed by atoms with E-state index >= 15 is 0 Å².